The highest BCUT2D eigenvalue weighted by atomic mass is 35.5. The van der Waals surface area contributed by atoms with Crippen LogP contribution in [0.1, 0.15) is 23.0 Å². The van der Waals surface area contributed by atoms with Gasteiger partial charge in [-0.2, -0.15) is 0 Å². The molecular formula is C14H17Cl2N3O2. The summed E-state index contributed by atoms with van der Waals surface area (Å²) in [6, 6.07) is 7.05. The Morgan fingerprint density at radius 3 is 2.76 bits per heavy atom. The molecule has 114 valence electrons. The van der Waals surface area contributed by atoms with Crippen LogP contribution in [0, 0.1) is 6.92 Å². The Morgan fingerprint density at radius 1 is 1.48 bits per heavy atom. The number of amides is 1. The molecule has 0 aliphatic rings. The number of nitrogens with two attached hydrogens (primary N) is 1. The van der Waals surface area contributed by atoms with Gasteiger partial charge < -0.3 is 15.6 Å². The van der Waals surface area contributed by atoms with Gasteiger partial charge in [-0.25, -0.2) is 0 Å². The lowest BCUT2D eigenvalue weighted by molar-refractivity contribution is 0.0940. The summed E-state index contributed by atoms with van der Waals surface area (Å²) in [5.74, 6) is 0.179. The summed E-state index contributed by atoms with van der Waals surface area (Å²) >= 11 is 6.14. The van der Waals surface area contributed by atoms with Gasteiger partial charge in [-0.3, -0.25) is 4.79 Å². The van der Waals surface area contributed by atoms with Crippen molar-refractivity contribution in [2.45, 2.75) is 19.9 Å². The standard InChI is InChI=1S/C14H16ClN3O2.ClH/c1-8(7-16)17-14(19)12-9(2)20-18-13(12)10-5-3-4-6-11(10)15;/h3-6,8H,7,16H2,1-2H3,(H,17,19);1H/t8-;/m0./s1. The second-order valence-electron chi connectivity index (χ2n) is 4.55. The van der Waals surface area contributed by atoms with Crippen molar-refractivity contribution in [2.75, 3.05) is 6.54 Å². The number of nitrogens with one attached hydrogen (secondary N) is 1. The zero-order valence-corrected chi connectivity index (χ0v) is 13.3. The van der Waals surface area contributed by atoms with Crippen molar-refractivity contribution in [2.24, 2.45) is 5.73 Å². The largest absolute Gasteiger partial charge is 0.360 e. The fourth-order valence-electron chi connectivity index (χ4n) is 1.83. The van der Waals surface area contributed by atoms with E-state index in [4.69, 9.17) is 21.9 Å². The molecule has 0 unspecified atom stereocenters. The van der Waals surface area contributed by atoms with Crippen molar-refractivity contribution in [1.82, 2.24) is 10.5 Å². The highest BCUT2D eigenvalue weighted by Gasteiger charge is 2.23. The topological polar surface area (TPSA) is 81.2 Å². The van der Waals surface area contributed by atoms with Gasteiger partial charge in [0.2, 0.25) is 0 Å². The molecule has 0 aliphatic heterocycles. The second-order valence-corrected chi connectivity index (χ2v) is 4.96. The summed E-state index contributed by atoms with van der Waals surface area (Å²) in [6.45, 7) is 3.88. The van der Waals surface area contributed by atoms with Gasteiger partial charge in [0.15, 0.2) is 0 Å². The zero-order chi connectivity index (χ0) is 14.7. The van der Waals surface area contributed by atoms with Crippen LogP contribution < -0.4 is 11.1 Å². The molecule has 7 heteroatoms. The third-order valence-electron chi connectivity index (χ3n) is 2.95. The Morgan fingerprint density at radius 2 is 2.14 bits per heavy atom. The van der Waals surface area contributed by atoms with E-state index in [2.05, 4.69) is 10.5 Å². The minimum atomic E-state index is -0.267. The Labute approximate surface area is 134 Å². The molecule has 1 aromatic carbocycles. The van der Waals surface area contributed by atoms with E-state index in [0.717, 1.165) is 0 Å². The third-order valence-corrected chi connectivity index (χ3v) is 3.28. The highest BCUT2D eigenvalue weighted by molar-refractivity contribution is 6.33. The van der Waals surface area contributed by atoms with Crippen molar-refractivity contribution in [3.05, 3.63) is 40.6 Å². The average molecular weight is 330 g/mol. The average Bonchev–Trinajstić information content (AvgIpc) is 2.81. The van der Waals surface area contributed by atoms with E-state index >= 15 is 0 Å². The quantitative estimate of drug-likeness (QED) is 0.903. The summed E-state index contributed by atoms with van der Waals surface area (Å²) in [5, 5.41) is 7.26. The van der Waals surface area contributed by atoms with Gasteiger partial charge in [-0.15, -0.1) is 12.4 Å². The number of nitrogens with zero attached hydrogens (tertiary/aromatic N) is 1. The molecule has 1 aromatic heterocycles. The summed E-state index contributed by atoms with van der Waals surface area (Å²) < 4.78 is 5.14. The first-order chi connectivity index (χ1) is 9.54. The minimum absolute atomic E-state index is 0. The van der Waals surface area contributed by atoms with Crippen molar-refractivity contribution >= 4 is 29.9 Å². The fraction of sp³-hybridized carbons (Fsp3) is 0.286. The predicted molar refractivity (Wildman–Crippen MR) is 84.9 cm³/mol. The second kappa shape index (κ2) is 7.45. The first kappa shape index (κ1) is 17.5. The Kier molecular flexibility index (Phi) is 6.20. The number of carbonyl (C=O) groups is 1. The van der Waals surface area contributed by atoms with Gasteiger partial charge in [0.05, 0.1) is 5.02 Å². The highest BCUT2D eigenvalue weighted by Crippen LogP contribution is 2.30. The van der Waals surface area contributed by atoms with Gasteiger partial charge in [-0.05, 0) is 19.9 Å². The number of rotatable bonds is 4. The number of halogens is 2. The molecular weight excluding hydrogens is 313 g/mol. The lowest BCUT2D eigenvalue weighted by atomic mass is 10.1. The number of aryl methyl sites for hydroxylation is 1. The number of benzene rings is 1. The SMILES string of the molecule is Cc1onc(-c2ccccc2Cl)c1C(=O)N[C@@H](C)CN.Cl. The minimum Gasteiger partial charge on any atom is -0.360 e. The van der Waals surface area contributed by atoms with Gasteiger partial charge in [0.25, 0.3) is 5.91 Å². The molecule has 3 N–H and O–H groups in total. The van der Waals surface area contributed by atoms with Crippen LogP contribution in [-0.4, -0.2) is 23.7 Å². The summed E-state index contributed by atoms with van der Waals surface area (Å²) in [4.78, 5) is 12.3. The molecule has 0 saturated carbocycles. The van der Waals surface area contributed by atoms with E-state index in [1.807, 2.05) is 19.1 Å². The lowest BCUT2D eigenvalue weighted by Crippen LogP contribution is -2.38. The number of hydrogen-bond donors (Lipinski definition) is 2. The molecule has 1 atom stereocenters. The molecule has 2 rings (SSSR count). The van der Waals surface area contributed by atoms with Crippen LogP contribution in [0.25, 0.3) is 11.3 Å². The van der Waals surface area contributed by atoms with E-state index in [1.165, 1.54) is 0 Å². The number of hydrogen-bond acceptors (Lipinski definition) is 4. The van der Waals surface area contributed by atoms with E-state index in [-0.39, 0.29) is 24.4 Å². The Hall–Kier alpha value is -1.56. The van der Waals surface area contributed by atoms with Crippen LogP contribution in [-0.2, 0) is 0 Å². The van der Waals surface area contributed by atoms with Gasteiger partial charge in [0, 0.05) is 18.2 Å². The summed E-state index contributed by atoms with van der Waals surface area (Å²) in [7, 11) is 0. The first-order valence-electron chi connectivity index (χ1n) is 6.26. The summed E-state index contributed by atoms with van der Waals surface area (Å²) in [6.07, 6.45) is 0. The number of aromatic nitrogens is 1. The Balaban J connectivity index is 0.00000220. The first-order valence-corrected chi connectivity index (χ1v) is 6.64. The van der Waals surface area contributed by atoms with Crippen LogP contribution in [0.4, 0.5) is 0 Å². The molecule has 21 heavy (non-hydrogen) atoms. The molecule has 0 saturated heterocycles. The molecule has 0 spiro atoms. The molecule has 0 aliphatic carbocycles. The third kappa shape index (κ3) is 3.75. The maximum absolute atomic E-state index is 12.3. The number of carbonyl (C=O) groups excluding carboxylic acids is 1. The van der Waals surface area contributed by atoms with Crippen LogP contribution >= 0.6 is 24.0 Å². The van der Waals surface area contributed by atoms with Crippen molar-refractivity contribution in [3.8, 4) is 11.3 Å². The van der Waals surface area contributed by atoms with Crippen LogP contribution in [0.5, 0.6) is 0 Å². The predicted octanol–water partition coefficient (Wildman–Crippen LogP) is 2.80. The smallest absolute Gasteiger partial charge is 0.257 e. The van der Waals surface area contributed by atoms with E-state index in [9.17, 15) is 4.79 Å². The van der Waals surface area contributed by atoms with Crippen LogP contribution in [0.2, 0.25) is 5.02 Å². The van der Waals surface area contributed by atoms with Gasteiger partial charge >= 0.3 is 0 Å². The molecule has 0 bridgehead atoms. The lowest BCUT2D eigenvalue weighted by Gasteiger charge is -2.11. The summed E-state index contributed by atoms with van der Waals surface area (Å²) in [5.41, 5.74) is 7.00. The van der Waals surface area contributed by atoms with Crippen LogP contribution in [0.15, 0.2) is 28.8 Å². The maximum Gasteiger partial charge on any atom is 0.257 e. The maximum atomic E-state index is 12.3. The molecule has 0 radical (unpaired) electrons. The molecule has 5 nitrogen and oxygen atoms in total. The van der Waals surface area contributed by atoms with Gasteiger partial charge in [0.1, 0.15) is 17.0 Å². The van der Waals surface area contributed by atoms with E-state index < -0.39 is 0 Å². The van der Waals surface area contributed by atoms with E-state index in [1.54, 1.807) is 19.1 Å². The zero-order valence-electron chi connectivity index (χ0n) is 11.7. The van der Waals surface area contributed by atoms with Crippen LogP contribution in [0.3, 0.4) is 0 Å². The molecule has 1 amide bonds. The monoisotopic (exact) mass is 329 g/mol. The fourth-order valence-corrected chi connectivity index (χ4v) is 2.06. The van der Waals surface area contributed by atoms with Crippen molar-refractivity contribution < 1.29 is 9.32 Å². The Bertz CT molecular complexity index is 628. The molecule has 1 heterocycles. The van der Waals surface area contributed by atoms with Crippen molar-refractivity contribution in [3.63, 3.8) is 0 Å². The normalized spacial score (nSPS) is 11.6. The van der Waals surface area contributed by atoms with Gasteiger partial charge in [-0.1, -0.05) is 35.0 Å². The molecule has 0 fully saturated rings. The van der Waals surface area contributed by atoms with Crippen molar-refractivity contribution in [1.29, 1.82) is 0 Å². The molecule has 2 aromatic rings. The van der Waals surface area contributed by atoms with E-state index in [0.29, 0.717) is 34.1 Å².